The summed E-state index contributed by atoms with van der Waals surface area (Å²) < 4.78 is 0. The highest BCUT2D eigenvalue weighted by Gasteiger charge is 2.17. The number of aryl methyl sites for hydroxylation is 1. The van der Waals surface area contributed by atoms with Crippen LogP contribution in [-0.4, -0.2) is 15.0 Å². The number of benzene rings is 1. The topological polar surface area (TPSA) is 38.7 Å². The molecule has 0 aliphatic heterocycles. The molecular formula is C22H17N3. The number of hydrogen-bond acceptors (Lipinski definition) is 3. The minimum Gasteiger partial charge on any atom is -0.256 e. The lowest BCUT2D eigenvalue weighted by Gasteiger charge is -2.14. The van der Waals surface area contributed by atoms with E-state index < -0.39 is 0 Å². The van der Waals surface area contributed by atoms with Gasteiger partial charge >= 0.3 is 0 Å². The predicted molar refractivity (Wildman–Crippen MR) is 101 cm³/mol. The number of rotatable bonds is 3. The maximum absolute atomic E-state index is 4.68. The molecule has 3 aromatic heterocycles. The molecule has 0 saturated heterocycles. The van der Waals surface area contributed by atoms with Crippen LogP contribution in [0.1, 0.15) is 5.56 Å². The molecule has 4 aromatic rings. The van der Waals surface area contributed by atoms with Gasteiger partial charge in [-0.1, -0.05) is 36.4 Å². The summed E-state index contributed by atoms with van der Waals surface area (Å²) in [5.74, 6) is 0. The fourth-order valence-corrected chi connectivity index (χ4v) is 3.03. The zero-order valence-corrected chi connectivity index (χ0v) is 13.9. The Hall–Kier alpha value is -3.33. The fraction of sp³-hybridized carbons (Fsp3) is 0.0455. The van der Waals surface area contributed by atoms with Crippen molar-refractivity contribution in [2.75, 3.05) is 0 Å². The third kappa shape index (κ3) is 2.92. The van der Waals surface area contributed by atoms with Crippen molar-refractivity contribution >= 4 is 0 Å². The molecule has 0 amide bonds. The Morgan fingerprint density at radius 3 is 2.16 bits per heavy atom. The van der Waals surface area contributed by atoms with Crippen molar-refractivity contribution in [1.29, 1.82) is 0 Å². The molecule has 0 saturated carbocycles. The second kappa shape index (κ2) is 6.65. The first kappa shape index (κ1) is 15.2. The van der Waals surface area contributed by atoms with E-state index in [1.807, 2.05) is 60.8 Å². The highest BCUT2D eigenvalue weighted by atomic mass is 14.8. The van der Waals surface area contributed by atoms with E-state index in [2.05, 4.69) is 34.0 Å². The summed E-state index contributed by atoms with van der Waals surface area (Å²) in [4.78, 5) is 13.8. The average molecular weight is 323 g/mol. The second-order valence-electron chi connectivity index (χ2n) is 5.83. The van der Waals surface area contributed by atoms with Gasteiger partial charge in [0.05, 0.1) is 17.1 Å². The maximum atomic E-state index is 4.68. The van der Waals surface area contributed by atoms with Gasteiger partial charge in [-0.2, -0.15) is 0 Å². The first-order valence-electron chi connectivity index (χ1n) is 8.22. The first-order chi connectivity index (χ1) is 12.3. The molecule has 3 nitrogen and oxygen atoms in total. The lowest BCUT2D eigenvalue weighted by atomic mass is 9.95. The van der Waals surface area contributed by atoms with E-state index in [0.29, 0.717) is 0 Å². The molecule has 0 radical (unpaired) electrons. The zero-order valence-electron chi connectivity index (χ0n) is 13.9. The van der Waals surface area contributed by atoms with Gasteiger partial charge in [-0.3, -0.25) is 15.0 Å². The van der Waals surface area contributed by atoms with Crippen LogP contribution < -0.4 is 0 Å². The first-order valence-corrected chi connectivity index (χ1v) is 8.22. The van der Waals surface area contributed by atoms with Crippen molar-refractivity contribution in [3.05, 3.63) is 90.9 Å². The Kier molecular flexibility index (Phi) is 4.05. The van der Waals surface area contributed by atoms with E-state index in [1.54, 1.807) is 12.4 Å². The molecular weight excluding hydrogens is 306 g/mol. The van der Waals surface area contributed by atoms with Crippen molar-refractivity contribution in [3.63, 3.8) is 0 Å². The highest BCUT2D eigenvalue weighted by molar-refractivity contribution is 5.87. The van der Waals surface area contributed by atoms with Crippen LogP contribution in [0.25, 0.3) is 33.8 Å². The number of hydrogen-bond donors (Lipinski definition) is 0. The Morgan fingerprint density at radius 2 is 1.36 bits per heavy atom. The molecule has 0 atom stereocenters. The van der Waals surface area contributed by atoms with Gasteiger partial charge in [0, 0.05) is 29.7 Å². The van der Waals surface area contributed by atoms with E-state index in [1.165, 1.54) is 5.56 Å². The van der Waals surface area contributed by atoms with E-state index in [9.17, 15) is 0 Å². The molecule has 0 N–H and O–H groups in total. The Labute approximate surface area is 147 Å². The third-order valence-electron chi connectivity index (χ3n) is 4.19. The van der Waals surface area contributed by atoms with Crippen LogP contribution in [0.4, 0.5) is 0 Å². The molecule has 3 heterocycles. The lowest BCUT2D eigenvalue weighted by molar-refractivity contribution is 1.22. The molecule has 3 heteroatoms. The molecule has 0 aliphatic rings. The van der Waals surface area contributed by atoms with Crippen LogP contribution in [0.2, 0.25) is 0 Å². The summed E-state index contributed by atoms with van der Waals surface area (Å²) in [6.07, 6.45) is 5.45. The number of aromatic nitrogens is 3. The Balaban J connectivity index is 1.98. The second-order valence-corrected chi connectivity index (χ2v) is 5.83. The van der Waals surface area contributed by atoms with Crippen LogP contribution >= 0.6 is 0 Å². The maximum Gasteiger partial charge on any atom is 0.0986 e. The molecule has 0 spiro atoms. The van der Waals surface area contributed by atoms with E-state index >= 15 is 0 Å². The molecule has 0 bridgehead atoms. The minimum absolute atomic E-state index is 0.851. The highest BCUT2D eigenvalue weighted by Crippen LogP contribution is 2.36. The summed E-state index contributed by atoms with van der Waals surface area (Å²) in [5, 5.41) is 0. The van der Waals surface area contributed by atoms with E-state index in [0.717, 1.165) is 33.8 Å². The molecule has 25 heavy (non-hydrogen) atoms. The summed E-state index contributed by atoms with van der Waals surface area (Å²) in [7, 11) is 0. The van der Waals surface area contributed by atoms with Crippen molar-refractivity contribution in [1.82, 2.24) is 15.0 Å². The van der Waals surface area contributed by atoms with Gasteiger partial charge in [-0.25, -0.2) is 0 Å². The summed E-state index contributed by atoms with van der Waals surface area (Å²) in [6, 6.07) is 22.2. The molecule has 1 aromatic carbocycles. The monoisotopic (exact) mass is 323 g/mol. The zero-order chi connectivity index (χ0) is 17.1. The van der Waals surface area contributed by atoms with Crippen molar-refractivity contribution in [3.8, 4) is 33.8 Å². The van der Waals surface area contributed by atoms with Crippen LogP contribution in [0.3, 0.4) is 0 Å². The number of pyridine rings is 3. The van der Waals surface area contributed by atoms with Gasteiger partial charge < -0.3 is 0 Å². The van der Waals surface area contributed by atoms with Crippen LogP contribution in [0.15, 0.2) is 85.3 Å². The van der Waals surface area contributed by atoms with Gasteiger partial charge in [-0.05, 0) is 48.4 Å². The Bertz CT molecular complexity index is 996. The van der Waals surface area contributed by atoms with Crippen LogP contribution in [0.5, 0.6) is 0 Å². The SMILES string of the molecule is Cc1ccnc(-c2ncccc2-c2ccccn2)c1-c1ccccc1. The third-order valence-corrected chi connectivity index (χ3v) is 4.19. The van der Waals surface area contributed by atoms with Crippen LogP contribution in [-0.2, 0) is 0 Å². The van der Waals surface area contributed by atoms with Gasteiger partial charge in [0.15, 0.2) is 0 Å². The number of nitrogens with zero attached hydrogens (tertiary/aromatic N) is 3. The van der Waals surface area contributed by atoms with Crippen molar-refractivity contribution in [2.24, 2.45) is 0 Å². The van der Waals surface area contributed by atoms with Crippen LogP contribution in [0, 0.1) is 6.92 Å². The smallest absolute Gasteiger partial charge is 0.0986 e. The standard InChI is InChI=1S/C22H17N3/c1-16-12-15-25-22(20(16)17-8-3-2-4-9-17)21-18(10-7-14-24-21)19-11-5-6-13-23-19/h2-15H,1H3. The van der Waals surface area contributed by atoms with Gasteiger partial charge in [-0.15, -0.1) is 0 Å². The predicted octanol–water partition coefficient (Wildman–Crippen LogP) is 5.18. The normalized spacial score (nSPS) is 10.6. The summed E-state index contributed by atoms with van der Waals surface area (Å²) in [6.45, 7) is 2.11. The van der Waals surface area contributed by atoms with Gasteiger partial charge in [0.1, 0.15) is 0 Å². The molecule has 120 valence electrons. The summed E-state index contributed by atoms with van der Waals surface area (Å²) >= 11 is 0. The summed E-state index contributed by atoms with van der Waals surface area (Å²) in [5.41, 5.74) is 7.04. The molecule has 0 aliphatic carbocycles. The van der Waals surface area contributed by atoms with Gasteiger partial charge in [0.25, 0.3) is 0 Å². The average Bonchev–Trinajstić information content (AvgIpc) is 2.69. The van der Waals surface area contributed by atoms with E-state index in [-0.39, 0.29) is 0 Å². The largest absolute Gasteiger partial charge is 0.256 e. The molecule has 0 unspecified atom stereocenters. The molecule has 0 fully saturated rings. The Morgan fingerprint density at radius 1 is 0.600 bits per heavy atom. The van der Waals surface area contributed by atoms with Crippen molar-refractivity contribution in [2.45, 2.75) is 6.92 Å². The quantitative estimate of drug-likeness (QED) is 0.521. The van der Waals surface area contributed by atoms with E-state index in [4.69, 9.17) is 0 Å². The lowest BCUT2D eigenvalue weighted by Crippen LogP contribution is -1.97. The fourth-order valence-electron chi connectivity index (χ4n) is 3.03. The molecule has 4 rings (SSSR count). The minimum atomic E-state index is 0.851. The van der Waals surface area contributed by atoms with Crippen molar-refractivity contribution < 1.29 is 0 Å². The van der Waals surface area contributed by atoms with Gasteiger partial charge in [0.2, 0.25) is 0 Å².